The Hall–Kier alpha value is -2.34. The van der Waals surface area contributed by atoms with Crippen molar-refractivity contribution in [2.75, 3.05) is 14.2 Å². The molecule has 0 aliphatic carbocycles. The number of benzene rings is 1. The van der Waals surface area contributed by atoms with Crippen molar-refractivity contribution in [3.8, 4) is 5.75 Å². The maximum absolute atomic E-state index is 12.7. The lowest BCUT2D eigenvalue weighted by Crippen LogP contribution is -2.25. The van der Waals surface area contributed by atoms with Gasteiger partial charge >= 0.3 is 0 Å². The Kier molecular flexibility index (Phi) is 4.09. The molecule has 3 rings (SSSR count). The van der Waals surface area contributed by atoms with Gasteiger partial charge in [-0.25, -0.2) is 0 Å². The number of carbonyl (C=O) groups excluding carboxylic acids is 1. The lowest BCUT2D eigenvalue weighted by Gasteiger charge is -2.18. The number of fused-ring (bicyclic) bond motifs is 1. The number of rotatable bonds is 4. The maximum Gasteiger partial charge on any atom is 0.264 e. The Morgan fingerprint density at radius 2 is 2.13 bits per heavy atom. The van der Waals surface area contributed by atoms with E-state index in [9.17, 15) is 4.79 Å². The van der Waals surface area contributed by atoms with E-state index in [1.807, 2.05) is 56.0 Å². The summed E-state index contributed by atoms with van der Waals surface area (Å²) in [4.78, 5) is 16.2. The first-order chi connectivity index (χ1) is 11.0. The summed E-state index contributed by atoms with van der Waals surface area (Å²) in [5.41, 5.74) is 1.94. The van der Waals surface area contributed by atoms with Crippen molar-refractivity contribution in [3.05, 3.63) is 46.5 Å². The van der Waals surface area contributed by atoms with Gasteiger partial charge in [-0.15, -0.1) is 11.3 Å². The number of amides is 1. The summed E-state index contributed by atoms with van der Waals surface area (Å²) in [6.45, 7) is 2.47. The van der Waals surface area contributed by atoms with E-state index in [1.165, 1.54) is 11.3 Å². The second kappa shape index (κ2) is 6.04. The van der Waals surface area contributed by atoms with Crippen molar-refractivity contribution in [1.82, 2.24) is 14.7 Å². The fourth-order valence-corrected chi connectivity index (χ4v) is 3.78. The third kappa shape index (κ3) is 2.82. The summed E-state index contributed by atoms with van der Waals surface area (Å²) >= 11 is 1.48. The zero-order chi connectivity index (χ0) is 16.6. The van der Waals surface area contributed by atoms with E-state index in [0.29, 0.717) is 6.54 Å². The molecule has 0 atom stereocenters. The monoisotopic (exact) mass is 329 g/mol. The number of carbonyl (C=O) groups is 1. The number of thiophene rings is 1. The molecule has 1 amide bonds. The molecule has 3 aromatic rings. The van der Waals surface area contributed by atoms with Crippen LogP contribution in [-0.2, 0) is 13.6 Å². The quantitative estimate of drug-likeness (QED) is 0.738. The Balaban J connectivity index is 1.85. The first-order valence-electron chi connectivity index (χ1n) is 7.31. The summed E-state index contributed by atoms with van der Waals surface area (Å²) < 4.78 is 7.18. The van der Waals surface area contributed by atoms with Crippen molar-refractivity contribution < 1.29 is 9.53 Å². The summed E-state index contributed by atoms with van der Waals surface area (Å²) in [7, 11) is 5.35. The molecule has 0 bridgehead atoms. The van der Waals surface area contributed by atoms with Gasteiger partial charge in [0.05, 0.1) is 17.7 Å². The zero-order valence-corrected chi connectivity index (χ0v) is 14.5. The SMILES string of the molecule is COc1ccccc1CN(C)C(=O)c1cc2c(C)nn(C)c2s1. The Morgan fingerprint density at radius 1 is 1.39 bits per heavy atom. The van der Waals surface area contributed by atoms with Gasteiger partial charge in [-0.1, -0.05) is 18.2 Å². The van der Waals surface area contributed by atoms with Crippen molar-refractivity contribution >= 4 is 27.5 Å². The molecule has 6 heteroatoms. The van der Waals surface area contributed by atoms with Crippen molar-refractivity contribution in [3.63, 3.8) is 0 Å². The maximum atomic E-state index is 12.7. The summed E-state index contributed by atoms with van der Waals surface area (Å²) in [5, 5.41) is 5.42. The highest BCUT2D eigenvalue weighted by Crippen LogP contribution is 2.29. The molecule has 0 unspecified atom stereocenters. The van der Waals surface area contributed by atoms with Gasteiger partial charge < -0.3 is 9.64 Å². The first kappa shape index (κ1) is 15.6. The molecule has 0 aliphatic rings. The third-order valence-electron chi connectivity index (χ3n) is 3.85. The number of hydrogen-bond donors (Lipinski definition) is 0. The van der Waals surface area contributed by atoms with Crippen molar-refractivity contribution in [2.45, 2.75) is 13.5 Å². The molecule has 0 aliphatic heterocycles. The Labute approximate surface area is 139 Å². The molecule has 2 aromatic heterocycles. The fraction of sp³-hybridized carbons (Fsp3) is 0.294. The molecule has 5 nitrogen and oxygen atoms in total. The molecule has 0 fully saturated rings. The van der Waals surface area contributed by atoms with E-state index in [2.05, 4.69) is 5.10 Å². The normalized spacial score (nSPS) is 11.0. The van der Waals surface area contributed by atoms with Crippen LogP contribution in [0.3, 0.4) is 0 Å². The number of aryl methyl sites for hydroxylation is 2. The topological polar surface area (TPSA) is 47.4 Å². The molecule has 0 spiro atoms. The van der Waals surface area contributed by atoms with Gasteiger partial charge in [-0.3, -0.25) is 9.48 Å². The van der Waals surface area contributed by atoms with Crippen LogP contribution in [0, 0.1) is 6.92 Å². The molecule has 2 heterocycles. The molecule has 23 heavy (non-hydrogen) atoms. The van der Waals surface area contributed by atoms with Crippen LogP contribution < -0.4 is 4.74 Å². The van der Waals surface area contributed by atoms with Crippen LogP contribution in [0.5, 0.6) is 5.75 Å². The predicted molar refractivity (Wildman–Crippen MR) is 92.1 cm³/mol. The minimum Gasteiger partial charge on any atom is -0.496 e. The van der Waals surface area contributed by atoms with Crippen LogP contribution in [0.4, 0.5) is 0 Å². The highest BCUT2D eigenvalue weighted by Gasteiger charge is 2.19. The highest BCUT2D eigenvalue weighted by molar-refractivity contribution is 7.20. The Morgan fingerprint density at radius 3 is 2.83 bits per heavy atom. The van der Waals surface area contributed by atoms with E-state index in [-0.39, 0.29) is 5.91 Å². The predicted octanol–water partition coefficient (Wildman–Crippen LogP) is 3.22. The van der Waals surface area contributed by atoms with Crippen LogP contribution in [-0.4, -0.2) is 34.7 Å². The lowest BCUT2D eigenvalue weighted by molar-refractivity contribution is 0.0789. The van der Waals surface area contributed by atoms with Crippen LogP contribution in [0.15, 0.2) is 30.3 Å². The zero-order valence-electron chi connectivity index (χ0n) is 13.7. The van der Waals surface area contributed by atoms with Gasteiger partial charge in [0.15, 0.2) is 0 Å². The van der Waals surface area contributed by atoms with Gasteiger partial charge in [0.25, 0.3) is 5.91 Å². The number of hydrogen-bond acceptors (Lipinski definition) is 4. The second-order valence-electron chi connectivity index (χ2n) is 5.51. The smallest absolute Gasteiger partial charge is 0.264 e. The number of ether oxygens (including phenoxy) is 1. The van der Waals surface area contributed by atoms with Gasteiger partial charge in [0.1, 0.15) is 10.6 Å². The third-order valence-corrected chi connectivity index (χ3v) is 5.04. The fourth-order valence-electron chi connectivity index (χ4n) is 2.66. The van der Waals surface area contributed by atoms with Crippen LogP contribution in [0.2, 0.25) is 0 Å². The number of nitrogens with zero attached hydrogens (tertiary/aromatic N) is 3. The average molecular weight is 329 g/mol. The summed E-state index contributed by atoms with van der Waals surface area (Å²) in [6, 6.07) is 9.68. The molecule has 0 saturated carbocycles. The van der Waals surface area contributed by atoms with E-state index < -0.39 is 0 Å². The summed E-state index contributed by atoms with van der Waals surface area (Å²) in [5.74, 6) is 0.806. The van der Waals surface area contributed by atoms with Gasteiger partial charge in [0, 0.05) is 31.6 Å². The number of para-hydroxylation sites is 1. The second-order valence-corrected chi connectivity index (χ2v) is 6.54. The van der Waals surface area contributed by atoms with Gasteiger partial charge in [-0.05, 0) is 19.1 Å². The summed E-state index contributed by atoms with van der Waals surface area (Å²) in [6.07, 6.45) is 0. The van der Waals surface area contributed by atoms with Crippen LogP contribution in [0.25, 0.3) is 10.2 Å². The van der Waals surface area contributed by atoms with E-state index in [4.69, 9.17) is 4.74 Å². The van der Waals surface area contributed by atoms with Crippen molar-refractivity contribution in [1.29, 1.82) is 0 Å². The van der Waals surface area contributed by atoms with E-state index in [1.54, 1.807) is 12.0 Å². The molecular formula is C17H19N3O2S. The largest absolute Gasteiger partial charge is 0.496 e. The minimum atomic E-state index is 0.0107. The van der Waals surface area contributed by atoms with Crippen LogP contribution >= 0.6 is 11.3 Å². The molecule has 1 aromatic carbocycles. The highest BCUT2D eigenvalue weighted by atomic mass is 32.1. The van der Waals surface area contributed by atoms with E-state index >= 15 is 0 Å². The number of methoxy groups -OCH3 is 1. The molecule has 0 saturated heterocycles. The molecule has 0 N–H and O–H groups in total. The van der Waals surface area contributed by atoms with Crippen molar-refractivity contribution in [2.24, 2.45) is 7.05 Å². The first-order valence-corrected chi connectivity index (χ1v) is 8.13. The molecular weight excluding hydrogens is 310 g/mol. The van der Waals surface area contributed by atoms with Crippen LogP contribution in [0.1, 0.15) is 20.9 Å². The Bertz CT molecular complexity index is 831. The van der Waals surface area contributed by atoms with Gasteiger partial charge in [0.2, 0.25) is 0 Å². The lowest BCUT2D eigenvalue weighted by atomic mass is 10.2. The standard InChI is InChI=1S/C17H19N3O2S/c1-11-13-9-15(23-17(13)20(3)18-11)16(21)19(2)10-12-7-5-6-8-14(12)22-4/h5-9H,10H2,1-4H3. The minimum absolute atomic E-state index is 0.0107. The molecule has 0 radical (unpaired) electrons. The van der Waals surface area contributed by atoms with Gasteiger partial charge in [-0.2, -0.15) is 5.10 Å². The average Bonchev–Trinajstić information content (AvgIpc) is 3.09. The number of aromatic nitrogens is 2. The molecule has 120 valence electrons. The van der Waals surface area contributed by atoms with E-state index in [0.717, 1.165) is 32.1 Å².